The molecular weight excluding hydrogens is 226 g/mol. The monoisotopic (exact) mass is 249 g/mol. The van der Waals surface area contributed by atoms with E-state index in [1.807, 2.05) is 18.2 Å². The smallest absolute Gasteiger partial charge is 0.166 e. The first kappa shape index (κ1) is 14.6. The largest absolute Gasteiger partial charge is 0.493 e. The number of ether oxygens (including phenoxy) is 2. The minimum atomic E-state index is 0.0682. The highest BCUT2D eigenvalue weighted by atomic mass is 16.5. The lowest BCUT2D eigenvalue weighted by atomic mass is 10.1. The Morgan fingerprint density at radius 3 is 2.61 bits per heavy atom. The van der Waals surface area contributed by atoms with Gasteiger partial charge in [0.2, 0.25) is 0 Å². The molecule has 0 aliphatic carbocycles. The van der Waals surface area contributed by atoms with Gasteiger partial charge in [0.05, 0.1) is 7.11 Å². The van der Waals surface area contributed by atoms with E-state index in [9.17, 15) is 0 Å². The molecule has 0 radical (unpaired) electrons. The molecule has 0 heterocycles. The Kier molecular flexibility index (Phi) is 5.23. The van der Waals surface area contributed by atoms with Crippen LogP contribution in [0.25, 0.3) is 0 Å². The predicted molar refractivity (Wildman–Crippen MR) is 75.3 cm³/mol. The zero-order valence-electron chi connectivity index (χ0n) is 11.7. The van der Waals surface area contributed by atoms with Crippen LogP contribution in [0.2, 0.25) is 0 Å². The van der Waals surface area contributed by atoms with E-state index in [1.54, 1.807) is 13.2 Å². The molecule has 0 bridgehead atoms. The van der Waals surface area contributed by atoms with Crippen LogP contribution in [-0.4, -0.2) is 19.3 Å². The molecule has 0 spiro atoms. The number of hydrogen-bond donors (Lipinski definition) is 1. The fourth-order valence-electron chi connectivity index (χ4n) is 1.53. The van der Waals surface area contributed by atoms with Crippen LogP contribution in [0.4, 0.5) is 0 Å². The number of nitrogens with one attached hydrogen (secondary N) is 1. The summed E-state index contributed by atoms with van der Waals surface area (Å²) < 4.78 is 11.0. The van der Waals surface area contributed by atoms with Gasteiger partial charge in [0, 0.05) is 17.6 Å². The molecule has 1 N–H and O–H groups in total. The third kappa shape index (κ3) is 4.41. The van der Waals surface area contributed by atoms with E-state index in [4.69, 9.17) is 9.47 Å². The molecule has 0 fully saturated rings. The minimum absolute atomic E-state index is 0.0682. The summed E-state index contributed by atoms with van der Waals surface area (Å²) in [5, 5.41) is 3.44. The number of para-hydroxylation sites is 1. The summed E-state index contributed by atoms with van der Waals surface area (Å²) in [5.41, 5.74) is 1.16. The third-order valence-corrected chi connectivity index (χ3v) is 2.44. The van der Waals surface area contributed by atoms with E-state index >= 15 is 0 Å². The zero-order chi connectivity index (χ0) is 13.6. The Hall–Kier alpha value is -1.48. The van der Waals surface area contributed by atoms with E-state index in [0.29, 0.717) is 6.61 Å². The van der Waals surface area contributed by atoms with Crippen molar-refractivity contribution in [3.8, 4) is 11.5 Å². The second-order valence-corrected chi connectivity index (χ2v) is 5.15. The van der Waals surface area contributed by atoms with Crippen molar-refractivity contribution in [3.63, 3.8) is 0 Å². The first-order valence-corrected chi connectivity index (χ1v) is 6.12. The van der Waals surface area contributed by atoms with Crippen molar-refractivity contribution in [1.82, 2.24) is 5.32 Å². The van der Waals surface area contributed by atoms with Crippen molar-refractivity contribution in [2.45, 2.75) is 32.9 Å². The van der Waals surface area contributed by atoms with Gasteiger partial charge in [-0.1, -0.05) is 24.8 Å². The van der Waals surface area contributed by atoms with E-state index in [2.05, 4.69) is 32.7 Å². The molecule has 0 atom stereocenters. The number of rotatable bonds is 6. The molecule has 18 heavy (non-hydrogen) atoms. The van der Waals surface area contributed by atoms with Gasteiger partial charge in [-0.05, 0) is 26.8 Å². The van der Waals surface area contributed by atoms with Crippen LogP contribution in [0.5, 0.6) is 11.5 Å². The van der Waals surface area contributed by atoms with E-state index < -0.39 is 0 Å². The van der Waals surface area contributed by atoms with Gasteiger partial charge in [0.1, 0.15) is 6.61 Å². The second-order valence-electron chi connectivity index (χ2n) is 5.15. The Balaban J connectivity index is 2.90. The van der Waals surface area contributed by atoms with Gasteiger partial charge < -0.3 is 14.8 Å². The van der Waals surface area contributed by atoms with Crippen LogP contribution in [0.1, 0.15) is 26.3 Å². The quantitative estimate of drug-likeness (QED) is 0.786. The van der Waals surface area contributed by atoms with Gasteiger partial charge in [-0.25, -0.2) is 0 Å². The fraction of sp³-hybridized carbons (Fsp3) is 0.467. The molecule has 1 aromatic rings. The molecule has 0 saturated carbocycles. The van der Waals surface area contributed by atoms with Crippen molar-refractivity contribution < 1.29 is 9.47 Å². The van der Waals surface area contributed by atoms with Gasteiger partial charge in [-0.15, -0.1) is 0 Å². The normalized spacial score (nSPS) is 11.1. The maximum Gasteiger partial charge on any atom is 0.166 e. The SMILES string of the molecule is C=CCOc1c(CNC(C)(C)C)cccc1OC. The van der Waals surface area contributed by atoms with Crippen molar-refractivity contribution in [3.05, 3.63) is 36.4 Å². The van der Waals surface area contributed by atoms with E-state index in [1.165, 1.54) is 0 Å². The summed E-state index contributed by atoms with van der Waals surface area (Å²) in [5.74, 6) is 1.54. The minimum Gasteiger partial charge on any atom is -0.493 e. The number of hydrogen-bond acceptors (Lipinski definition) is 3. The van der Waals surface area contributed by atoms with Crippen LogP contribution in [0, 0.1) is 0 Å². The van der Waals surface area contributed by atoms with Crippen LogP contribution in [0.15, 0.2) is 30.9 Å². The molecule has 3 nitrogen and oxygen atoms in total. The standard InChI is InChI=1S/C15H23NO2/c1-6-10-18-14-12(11-16-15(2,3)4)8-7-9-13(14)17-5/h6-9,16H,1,10-11H2,2-5H3. The van der Waals surface area contributed by atoms with Crippen molar-refractivity contribution >= 4 is 0 Å². The molecule has 0 amide bonds. The van der Waals surface area contributed by atoms with Crippen molar-refractivity contribution in [2.75, 3.05) is 13.7 Å². The van der Waals surface area contributed by atoms with Crippen LogP contribution in [-0.2, 0) is 6.54 Å². The fourth-order valence-corrected chi connectivity index (χ4v) is 1.53. The summed E-state index contributed by atoms with van der Waals surface area (Å²) in [6, 6.07) is 5.91. The first-order valence-electron chi connectivity index (χ1n) is 6.12. The number of methoxy groups -OCH3 is 1. The van der Waals surface area contributed by atoms with Gasteiger partial charge in [0.25, 0.3) is 0 Å². The highest BCUT2D eigenvalue weighted by Gasteiger charge is 2.13. The molecule has 0 unspecified atom stereocenters. The average molecular weight is 249 g/mol. The Morgan fingerprint density at radius 1 is 1.33 bits per heavy atom. The van der Waals surface area contributed by atoms with Crippen molar-refractivity contribution in [1.29, 1.82) is 0 Å². The average Bonchev–Trinajstić information content (AvgIpc) is 2.33. The summed E-state index contributed by atoms with van der Waals surface area (Å²) in [6.07, 6.45) is 1.73. The molecule has 100 valence electrons. The highest BCUT2D eigenvalue weighted by Crippen LogP contribution is 2.31. The van der Waals surface area contributed by atoms with Crippen LogP contribution in [0.3, 0.4) is 0 Å². The number of benzene rings is 1. The molecule has 0 saturated heterocycles. The predicted octanol–water partition coefficient (Wildman–Crippen LogP) is 3.15. The maximum absolute atomic E-state index is 5.69. The van der Waals surface area contributed by atoms with Gasteiger partial charge in [0.15, 0.2) is 11.5 Å². The first-order chi connectivity index (χ1) is 8.48. The van der Waals surface area contributed by atoms with Gasteiger partial charge >= 0.3 is 0 Å². The van der Waals surface area contributed by atoms with Crippen LogP contribution < -0.4 is 14.8 Å². The van der Waals surface area contributed by atoms with Gasteiger partial charge in [-0.2, -0.15) is 0 Å². The lowest BCUT2D eigenvalue weighted by Gasteiger charge is -2.22. The lowest BCUT2D eigenvalue weighted by molar-refractivity contribution is 0.319. The Morgan fingerprint density at radius 2 is 2.06 bits per heavy atom. The van der Waals surface area contributed by atoms with E-state index in [-0.39, 0.29) is 5.54 Å². The summed E-state index contributed by atoms with van der Waals surface area (Å²) in [6.45, 7) is 11.3. The van der Waals surface area contributed by atoms with E-state index in [0.717, 1.165) is 23.6 Å². The Bertz CT molecular complexity index is 394. The molecular formula is C15H23NO2. The second kappa shape index (κ2) is 6.45. The summed E-state index contributed by atoms with van der Waals surface area (Å²) in [4.78, 5) is 0. The zero-order valence-corrected chi connectivity index (χ0v) is 11.7. The Labute approximate surface area is 110 Å². The lowest BCUT2D eigenvalue weighted by Crippen LogP contribution is -2.35. The molecule has 0 aliphatic heterocycles. The summed E-state index contributed by atoms with van der Waals surface area (Å²) in [7, 11) is 1.65. The molecule has 0 aromatic heterocycles. The van der Waals surface area contributed by atoms with Crippen LogP contribution >= 0.6 is 0 Å². The maximum atomic E-state index is 5.69. The third-order valence-electron chi connectivity index (χ3n) is 2.44. The molecule has 0 aliphatic rings. The molecule has 1 aromatic carbocycles. The molecule has 1 rings (SSSR count). The molecule has 3 heteroatoms. The summed E-state index contributed by atoms with van der Waals surface area (Å²) >= 11 is 0. The van der Waals surface area contributed by atoms with Gasteiger partial charge in [-0.3, -0.25) is 0 Å². The highest BCUT2D eigenvalue weighted by molar-refractivity contribution is 5.46. The van der Waals surface area contributed by atoms with Crippen molar-refractivity contribution in [2.24, 2.45) is 0 Å². The topological polar surface area (TPSA) is 30.5 Å².